The second-order valence-corrected chi connectivity index (χ2v) is 6.11. The van der Waals surface area contributed by atoms with E-state index in [-0.39, 0.29) is 12.1 Å². The normalized spacial score (nSPS) is 17.7. The summed E-state index contributed by atoms with van der Waals surface area (Å²) in [6.07, 6.45) is 4.56. The standard InChI is InChI=1S/C18H20N2O2S/c21-18(22-13-14-7-2-1-3-8-14)20-12-5-4-10-16(20)15-9-6-11-19-17(15)23/h1-3,6-9,11,16H,4-5,10,12-13H2,(H,19,23)/t16-/m1/s1. The summed E-state index contributed by atoms with van der Waals surface area (Å²) in [5.74, 6) is 0. The number of hydrogen-bond acceptors (Lipinski definition) is 3. The van der Waals surface area contributed by atoms with Crippen LogP contribution in [0.15, 0.2) is 48.7 Å². The van der Waals surface area contributed by atoms with Crippen LogP contribution in [0, 0.1) is 4.64 Å². The molecule has 1 aliphatic rings. The molecule has 0 spiro atoms. The van der Waals surface area contributed by atoms with Crippen LogP contribution in [0.4, 0.5) is 4.79 Å². The quantitative estimate of drug-likeness (QED) is 0.837. The smallest absolute Gasteiger partial charge is 0.410 e. The second-order valence-electron chi connectivity index (χ2n) is 5.70. The highest BCUT2D eigenvalue weighted by atomic mass is 32.1. The number of ether oxygens (including phenoxy) is 1. The maximum absolute atomic E-state index is 12.5. The Bertz CT molecular complexity index is 714. The summed E-state index contributed by atoms with van der Waals surface area (Å²) in [5.41, 5.74) is 1.99. The van der Waals surface area contributed by atoms with Gasteiger partial charge >= 0.3 is 6.09 Å². The van der Waals surface area contributed by atoms with Crippen LogP contribution in [-0.2, 0) is 11.3 Å². The van der Waals surface area contributed by atoms with Crippen molar-refractivity contribution in [1.82, 2.24) is 9.88 Å². The number of hydrogen-bond donors (Lipinski definition) is 1. The molecule has 0 unspecified atom stereocenters. The monoisotopic (exact) mass is 328 g/mol. The number of nitrogens with zero attached hydrogens (tertiary/aromatic N) is 1. The van der Waals surface area contributed by atoms with Gasteiger partial charge in [-0.05, 0) is 30.9 Å². The number of benzene rings is 1. The van der Waals surface area contributed by atoms with Crippen LogP contribution in [0.3, 0.4) is 0 Å². The maximum atomic E-state index is 12.5. The third kappa shape index (κ3) is 3.79. The summed E-state index contributed by atoms with van der Waals surface area (Å²) in [7, 11) is 0. The summed E-state index contributed by atoms with van der Waals surface area (Å²) >= 11 is 5.38. The Hall–Kier alpha value is -2.14. The summed E-state index contributed by atoms with van der Waals surface area (Å²) < 4.78 is 6.20. The first-order valence-corrected chi connectivity index (χ1v) is 8.31. The van der Waals surface area contributed by atoms with E-state index in [1.54, 1.807) is 0 Å². The van der Waals surface area contributed by atoms with Crippen molar-refractivity contribution in [1.29, 1.82) is 0 Å². The van der Waals surface area contributed by atoms with E-state index in [0.717, 1.165) is 30.4 Å². The average molecular weight is 328 g/mol. The van der Waals surface area contributed by atoms with E-state index in [1.807, 2.05) is 53.6 Å². The number of likely N-dealkylation sites (tertiary alicyclic amines) is 1. The highest BCUT2D eigenvalue weighted by Gasteiger charge is 2.29. The molecule has 0 bridgehead atoms. The average Bonchev–Trinajstić information content (AvgIpc) is 2.61. The van der Waals surface area contributed by atoms with Crippen molar-refractivity contribution in [2.45, 2.75) is 31.9 Å². The Balaban J connectivity index is 1.72. The van der Waals surface area contributed by atoms with Crippen molar-refractivity contribution in [3.8, 4) is 0 Å². The summed E-state index contributed by atoms with van der Waals surface area (Å²) in [4.78, 5) is 17.4. The molecule has 3 rings (SSSR count). The first-order valence-electron chi connectivity index (χ1n) is 7.90. The Morgan fingerprint density at radius 2 is 2.04 bits per heavy atom. The van der Waals surface area contributed by atoms with Gasteiger partial charge in [0.05, 0.1) is 6.04 Å². The van der Waals surface area contributed by atoms with Gasteiger partial charge < -0.3 is 14.6 Å². The van der Waals surface area contributed by atoms with E-state index >= 15 is 0 Å². The predicted octanol–water partition coefficient (Wildman–Crippen LogP) is 4.61. The number of aromatic nitrogens is 1. The molecule has 23 heavy (non-hydrogen) atoms. The van der Waals surface area contributed by atoms with E-state index in [2.05, 4.69) is 4.98 Å². The zero-order valence-corrected chi connectivity index (χ0v) is 13.7. The highest BCUT2D eigenvalue weighted by Crippen LogP contribution is 2.31. The molecule has 1 amide bonds. The minimum absolute atomic E-state index is 0.00280. The molecule has 0 saturated carbocycles. The number of nitrogens with one attached hydrogen (secondary N) is 1. The number of carbonyl (C=O) groups excluding carboxylic acids is 1. The molecule has 0 aliphatic carbocycles. The first kappa shape index (κ1) is 15.7. The molecule has 1 fully saturated rings. The molecule has 2 heterocycles. The van der Waals surface area contributed by atoms with Gasteiger partial charge in [-0.15, -0.1) is 0 Å². The fourth-order valence-electron chi connectivity index (χ4n) is 2.97. The lowest BCUT2D eigenvalue weighted by atomic mass is 9.97. The highest BCUT2D eigenvalue weighted by molar-refractivity contribution is 7.71. The van der Waals surface area contributed by atoms with Gasteiger partial charge in [-0.2, -0.15) is 0 Å². The van der Waals surface area contributed by atoms with E-state index < -0.39 is 0 Å². The van der Waals surface area contributed by atoms with Crippen molar-refractivity contribution in [2.75, 3.05) is 6.54 Å². The van der Waals surface area contributed by atoms with Gasteiger partial charge in [0, 0.05) is 18.3 Å². The molecule has 1 atom stereocenters. The number of pyridine rings is 1. The van der Waals surface area contributed by atoms with Gasteiger partial charge in [0.1, 0.15) is 11.2 Å². The number of piperidine rings is 1. The molecule has 2 aromatic rings. The summed E-state index contributed by atoms with van der Waals surface area (Å²) in [5, 5.41) is 0. The van der Waals surface area contributed by atoms with Crippen molar-refractivity contribution < 1.29 is 9.53 Å². The van der Waals surface area contributed by atoms with Gasteiger partial charge in [-0.3, -0.25) is 0 Å². The lowest BCUT2D eigenvalue weighted by molar-refractivity contribution is 0.0677. The SMILES string of the molecule is O=C(OCc1ccccc1)N1CCCC[C@@H]1c1ccc[nH]c1=S. The van der Waals surface area contributed by atoms with Crippen molar-refractivity contribution in [2.24, 2.45) is 0 Å². The van der Waals surface area contributed by atoms with Crippen LogP contribution in [0.1, 0.15) is 36.4 Å². The second kappa shape index (κ2) is 7.42. The molecule has 1 aromatic carbocycles. The topological polar surface area (TPSA) is 45.3 Å². The molecule has 1 aromatic heterocycles. The van der Waals surface area contributed by atoms with Crippen LogP contribution >= 0.6 is 12.2 Å². The first-order chi connectivity index (χ1) is 11.3. The number of amides is 1. The molecule has 4 nitrogen and oxygen atoms in total. The van der Waals surface area contributed by atoms with Crippen LogP contribution in [0.2, 0.25) is 0 Å². The lowest BCUT2D eigenvalue weighted by Gasteiger charge is -2.35. The molecule has 5 heteroatoms. The molecule has 120 valence electrons. The predicted molar refractivity (Wildman–Crippen MR) is 91.6 cm³/mol. The van der Waals surface area contributed by atoms with Gasteiger partial charge in [0.25, 0.3) is 0 Å². The summed E-state index contributed by atoms with van der Waals surface area (Å²) in [6.45, 7) is 1.01. The third-order valence-electron chi connectivity index (χ3n) is 4.15. The summed E-state index contributed by atoms with van der Waals surface area (Å²) in [6, 6.07) is 13.6. The number of aromatic amines is 1. The van der Waals surface area contributed by atoms with Gasteiger partial charge in [-0.25, -0.2) is 4.79 Å². The lowest BCUT2D eigenvalue weighted by Crippen LogP contribution is -2.39. The van der Waals surface area contributed by atoms with Crippen LogP contribution in [0.25, 0.3) is 0 Å². The minimum Gasteiger partial charge on any atom is -0.445 e. The van der Waals surface area contributed by atoms with E-state index in [1.165, 1.54) is 0 Å². The van der Waals surface area contributed by atoms with Crippen molar-refractivity contribution >= 4 is 18.3 Å². The van der Waals surface area contributed by atoms with Crippen molar-refractivity contribution in [3.63, 3.8) is 0 Å². The molecule has 1 aliphatic heterocycles. The number of rotatable bonds is 3. The zero-order chi connectivity index (χ0) is 16.1. The van der Waals surface area contributed by atoms with E-state index in [9.17, 15) is 4.79 Å². The Labute approximate surface area is 141 Å². The number of H-pyrrole nitrogens is 1. The Morgan fingerprint density at radius 1 is 1.22 bits per heavy atom. The Kier molecular flexibility index (Phi) is 5.08. The van der Waals surface area contributed by atoms with Gasteiger partial charge in [0.2, 0.25) is 0 Å². The molecular formula is C18H20N2O2S. The fraction of sp³-hybridized carbons (Fsp3) is 0.333. The minimum atomic E-state index is -0.267. The van der Waals surface area contributed by atoms with Gasteiger partial charge in [0.15, 0.2) is 0 Å². The van der Waals surface area contributed by atoms with Crippen LogP contribution in [0.5, 0.6) is 0 Å². The van der Waals surface area contributed by atoms with Gasteiger partial charge in [-0.1, -0.05) is 48.6 Å². The molecule has 1 saturated heterocycles. The third-order valence-corrected chi connectivity index (χ3v) is 4.50. The maximum Gasteiger partial charge on any atom is 0.410 e. The van der Waals surface area contributed by atoms with E-state index in [4.69, 9.17) is 17.0 Å². The Morgan fingerprint density at radius 3 is 2.83 bits per heavy atom. The zero-order valence-electron chi connectivity index (χ0n) is 12.9. The largest absolute Gasteiger partial charge is 0.445 e. The van der Waals surface area contributed by atoms with Crippen LogP contribution in [-0.4, -0.2) is 22.5 Å². The van der Waals surface area contributed by atoms with Crippen LogP contribution < -0.4 is 0 Å². The molecule has 0 radical (unpaired) electrons. The molecule has 1 N–H and O–H groups in total. The fourth-order valence-corrected chi connectivity index (χ4v) is 3.24. The van der Waals surface area contributed by atoms with E-state index in [0.29, 0.717) is 17.8 Å². The molecular weight excluding hydrogens is 308 g/mol. The van der Waals surface area contributed by atoms with Crippen molar-refractivity contribution in [3.05, 3.63) is 64.4 Å². The number of carbonyl (C=O) groups is 1.